The van der Waals surface area contributed by atoms with Crippen LogP contribution in [0.4, 0.5) is 0 Å². The van der Waals surface area contributed by atoms with Crippen LogP contribution >= 0.6 is 7.94 Å². The first kappa shape index (κ1) is 16.3. The van der Waals surface area contributed by atoms with Crippen molar-refractivity contribution in [3.05, 3.63) is 0 Å². The van der Waals surface area contributed by atoms with E-state index in [-0.39, 0.29) is 11.2 Å². The molecule has 3 nitrogen and oxygen atoms in total. The van der Waals surface area contributed by atoms with E-state index in [1.165, 1.54) is 0 Å². The van der Waals surface area contributed by atoms with Gasteiger partial charge in [-0.2, -0.15) is 13.6 Å². The van der Waals surface area contributed by atoms with Crippen LogP contribution in [0.15, 0.2) is 0 Å². The number of hydrogen-bond donors (Lipinski definition) is 0. The normalized spacial score (nSPS) is 14.2. The highest BCUT2D eigenvalue weighted by Crippen LogP contribution is 2.65. The van der Waals surface area contributed by atoms with Gasteiger partial charge in [-0.05, 0) is 55.4 Å². The summed E-state index contributed by atoms with van der Waals surface area (Å²) >= 11 is 0. The van der Waals surface area contributed by atoms with Crippen molar-refractivity contribution < 1.29 is 13.6 Å². The van der Waals surface area contributed by atoms with E-state index in [4.69, 9.17) is 13.6 Å². The summed E-state index contributed by atoms with van der Waals surface area (Å²) in [5.41, 5.74) is -0.492. The van der Waals surface area contributed by atoms with Crippen LogP contribution in [0.2, 0.25) is 0 Å². The molecule has 0 aromatic carbocycles. The van der Waals surface area contributed by atoms with Crippen LogP contribution in [0.1, 0.15) is 55.4 Å². The highest BCUT2D eigenvalue weighted by atomic mass is 31.2. The molecule has 0 saturated heterocycles. The van der Waals surface area contributed by atoms with E-state index in [9.17, 15) is 0 Å². The van der Waals surface area contributed by atoms with E-state index >= 15 is 0 Å². The minimum absolute atomic E-state index is 0.246. The molecule has 0 radical (unpaired) electrons. The Balaban J connectivity index is 4.85. The first-order valence-corrected chi connectivity index (χ1v) is 7.70. The summed E-state index contributed by atoms with van der Waals surface area (Å²) in [6.45, 7) is 16.8. The Morgan fingerprint density at radius 2 is 1.19 bits per heavy atom. The topological polar surface area (TPSA) is 27.7 Å². The van der Waals surface area contributed by atoms with Crippen molar-refractivity contribution in [2.24, 2.45) is 0 Å². The largest absolute Gasteiger partial charge is 0.412 e. The fourth-order valence-corrected chi connectivity index (χ4v) is 3.97. The van der Waals surface area contributed by atoms with Gasteiger partial charge in [0.05, 0.1) is 6.61 Å². The van der Waals surface area contributed by atoms with E-state index in [2.05, 4.69) is 6.92 Å². The molecule has 0 amide bonds. The molecule has 16 heavy (non-hydrogen) atoms. The zero-order valence-electron chi connectivity index (χ0n) is 12.1. The molecule has 0 atom stereocenters. The predicted octanol–water partition coefficient (Wildman–Crippen LogP) is 4.44. The summed E-state index contributed by atoms with van der Waals surface area (Å²) in [6, 6.07) is 0. The maximum Gasteiger partial charge on any atom is 0.412 e. The van der Waals surface area contributed by atoms with Crippen molar-refractivity contribution in [1.29, 1.82) is 0 Å². The van der Waals surface area contributed by atoms with Gasteiger partial charge in [0.25, 0.3) is 0 Å². The molecular formula is C12H28O3P+. The second kappa shape index (κ2) is 5.77. The monoisotopic (exact) mass is 251 g/mol. The van der Waals surface area contributed by atoms with Crippen molar-refractivity contribution in [2.75, 3.05) is 12.8 Å². The summed E-state index contributed by atoms with van der Waals surface area (Å²) in [5, 5.41) is 0. The van der Waals surface area contributed by atoms with E-state index in [0.717, 1.165) is 6.16 Å². The van der Waals surface area contributed by atoms with Crippen molar-refractivity contribution in [3.63, 3.8) is 0 Å². The van der Waals surface area contributed by atoms with Crippen LogP contribution in [0, 0.1) is 0 Å². The fourth-order valence-electron chi connectivity index (χ4n) is 1.32. The Morgan fingerprint density at radius 3 is 1.38 bits per heavy atom. The maximum atomic E-state index is 6.06. The molecule has 0 aliphatic heterocycles. The molecule has 0 saturated carbocycles. The highest BCUT2D eigenvalue weighted by Gasteiger charge is 2.50. The van der Waals surface area contributed by atoms with Crippen LogP contribution in [0.3, 0.4) is 0 Å². The van der Waals surface area contributed by atoms with E-state index < -0.39 is 7.94 Å². The lowest BCUT2D eigenvalue weighted by atomic mass is 10.2. The molecule has 0 unspecified atom stereocenters. The molecule has 98 valence electrons. The SMILES string of the molecule is CCO[P+](CC)(OC(C)(C)C)OC(C)(C)C. The third-order valence-electron chi connectivity index (χ3n) is 1.54. The summed E-state index contributed by atoms with van der Waals surface area (Å²) in [5.74, 6) is 0. The van der Waals surface area contributed by atoms with Crippen LogP contribution in [-0.2, 0) is 13.6 Å². The van der Waals surface area contributed by atoms with Crippen LogP contribution in [0.25, 0.3) is 0 Å². The predicted molar refractivity (Wildman–Crippen MR) is 70.8 cm³/mol. The molecule has 0 aliphatic rings. The maximum absolute atomic E-state index is 6.06. The van der Waals surface area contributed by atoms with Gasteiger partial charge in [-0.15, -0.1) is 0 Å². The Morgan fingerprint density at radius 1 is 0.812 bits per heavy atom. The van der Waals surface area contributed by atoms with Crippen molar-refractivity contribution in [1.82, 2.24) is 0 Å². The molecular weight excluding hydrogens is 223 g/mol. The van der Waals surface area contributed by atoms with Gasteiger partial charge in [-0.25, -0.2) is 0 Å². The van der Waals surface area contributed by atoms with Gasteiger partial charge in [0.2, 0.25) is 0 Å². The minimum atomic E-state index is -2.22. The molecule has 4 heteroatoms. The van der Waals surface area contributed by atoms with Crippen LogP contribution in [-0.4, -0.2) is 24.0 Å². The molecule has 0 spiro atoms. The van der Waals surface area contributed by atoms with E-state index in [1.807, 2.05) is 48.5 Å². The standard InChI is InChI=1S/C12H28O3P/c1-9-13-16(10-2,14-11(3,4)5)15-12(6,7)8/h9-10H2,1-8H3/q+1. The average molecular weight is 251 g/mol. The zero-order valence-corrected chi connectivity index (χ0v) is 13.0. The minimum Gasteiger partial charge on any atom is -0.178 e. The first-order chi connectivity index (χ1) is 7.04. The molecule has 0 bridgehead atoms. The van der Waals surface area contributed by atoms with Crippen molar-refractivity contribution >= 4 is 7.94 Å². The highest BCUT2D eigenvalue weighted by molar-refractivity contribution is 7.61. The third-order valence-corrected chi connectivity index (χ3v) is 4.62. The van der Waals surface area contributed by atoms with Gasteiger partial charge in [0, 0.05) is 0 Å². The lowest BCUT2D eigenvalue weighted by molar-refractivity contribution is 0.0180. The molecule has 0 aromatic rings. The molecule has 0 heterocycles. The Bertz CT molecular complexity index is 187. The third kappa shape index (κ3) is 6.80. The fraction of sp³-hybridized carbons (Fsp3) is 1.00. The summed E-state index contributed by atoms with van der Waals surface area (Å²) in [4.78, 5) is 0. The lowest BCUT2D eigenvalue weighted by Gasteiger charge is -2.31. The van der Waals surface area contributed by atoms with Gasteiger partial charge in [-0.3, -0.25) is 0 Å². The summed E-state index contributed by atoms with van der Waals surface area (Å²) in [7, 11) is -2.22. The molecule has 0 rings (SSSR count). The van der Waals surface area contributed by atoms with E-state index in [0.29, 0.717) is 6.61 Å². The average Bonchev–Trinajstić information content (AvgIpc) is 1.98. The first-order valence-electron chi connectivity index (χ1n) is 5.98. The zero-order chi connectivity index (χ0) is 13.0. The van der Waals surface area contributed by atoms with E-state index in [1.54, 1.807) is 0 Å². The molecule has 0 aromatic heterocycles. The quantitative estimate of drug-likeness (QED) is 0.676. The number of hydrogen-bond acceptors (Lipinski definition) is 3. The second-order valence-corrected chi connectivity index (χ2v) is 8.23. The lowest BCUT2D eigenvalue weighted by Crippen LogP contribution is -2.28. The van der Waals surface area contributed by atoms with Gasteiger partial charge in [0.15, 0.2) is 0 Å². The van der Waals surface area contributed by atoms with Crippen LogP contribution in [0.5, 0.6) is 0 Å². The van der Waals surface area contributed by atoms with Gasteiger partial charge < -0.3 is 0 Å². The Labute approximate surface area is 101 Å². The van der Waals surface area contributed by atoms with Gasteiger partial charge in [-0.1, -0.05) is 0 Å². The molecule has 0 fully saturated rings. The van der Waals surface area contributed by atoms with Gasteiger partial charge in [0.1, 0.15) is 17.4 Å². The second-order valence-electron chi connectivity index (χ2n) is 5.75. The van der Waals surface area contributed by atoms with Crippen molar-refractivity contribution in [2.45, 2.75) is 66.6 Å². The smallest absolute Gasteiger partial charge is 0.178 e. The van der Waals surface area contributed by atoms with Crippen LogP contribution < -0.4 is 0 Å². The summed E-state index contributed by atoms with van der Waals surface area (Å²) in [6.07, 6.45) is 0.773. The number of rotatable bonds is 5. The van der Waals surface area contributed by atoms with Crippen molar-refractivity contribution in [3.8, 4) is 0 Å². The summed E-state index contributed by atoms with van der Waals surface area (Å²) < 4.78 is 17.9. The Kier molecular flexibility index (Phi) is 5.88. The molecule has 0 N–H and O–H groups in total. The Hall–Kier alpha value is 0.310. The van der Waals surface area contributed by atoms with Gasteiger partial charge >= 0.3 is 7.94 Å². The molecule has 0 aliphatic carbocycles.